The van der Waals surface area contributed by atoms with E-state index in [9.17, 15) is 9.59 Å². The predicted octanol–water partition coefficient (Wildman–Crippen LogP) is 0.200. The Labute approximate surface area is 104 Å². The van der Waals surface area contributed by atoms with E-state index in [1.54, 1.807) is 21.0 Å². The van der Waals surface area contributed by atoms with Crippen molar-refractivity contribution >= 4 is 11.8 Å². The Kier molecular flexibility index (Phi) is 6.80. The molecule has 0 fully saturated rings. The second-order valence-corrected chi connectivity index (χ2v) is 5.06. The molecular formula is C12H25N3O2. The lowest BCUT2D eigenvalue weighted by molar-refractivity contribution is -0.135. The molecule has 0 saturated heterocycles. The average molecular weight is 243 g/mol. The highest BCUT2D eigenvalue weighted by atomic mass is 16.2. The lowest BCUT2D eigenvalue weighted by Gasteiger charge is -2.24. The number of rotatable bonds is 6. The molecule has 2 atom stereocenters. The van der Waals surface area contributed by atoms with E-state index in [2.05, 4.69) is 5.32 Å². The summed E-state index contributed by atoms with van der Waals surface area (Å²) in [6, 6.07) is -0.452. The van der Waals surface area contributed by atoms with E-state index < -0.39 is 6.04 Å². The summed E-state index contributed by atoms with van der Waals surface area (Å²) in [5.41, 5.74) is 5.43. The van der Waals surface area contributed by atoms with Crippen LogP contribution in [0.25, 0.3) is 0 Å². The fraction of sp³-hybridized carbons (Fsp3) is 0.833. The smallest absolute Gasteiger partial charge is 0.244 e. The van der Waals surface area contributed by atoms with Gasteiger partial charge < -0.3 is 16.0 Å². The van der Waals surface area contributed by atoms with E-state index in [0.29, 0.717) is 12.3 Å². The minimum atomic E-state index is -0.452. The largest absolute Gasteiger partial charge is 0.347 e. The van der Waals surface area contributed by atoms with Gasteiger partial charge in [-0.15, -0.1) is 0 Å². The molecule has 0 aliphatic heterocycles. The number of hydrogen-bond donors (Lipinski definition) is 2. The van der Waals surface area contributed by atoms with Crippen LogP contribution in [-0.2, 0) is 9.59 Å². The van der Waals surface area contributed by atoms with Crippen molar-refractivity contribution in [1.82, 2.24) is 10.2 Å². The van der Waals surface area contributed by atoms with Crippen molar-refractivity contribution in [2.45, 2.75) is 33.2 Å². The molecule has 0 aliphatic rings. The van der Waals surface area contributed by atoms with Crippen LogP contribution < -0.4 is 11.1 Å². The Morgan fingerprint density at radius 1 is 1.24 bits per heavy atom. The van der Waals surface area contributed by atoms with Crippen LogP contribution in [0.5, 0.6) is 0 Å². The first-order chi connectivity index (χ1) is 7.79. The lowest BCUT2D eigenvalue weighted by atomic mass is 10.0. The second-order valence-electron chi connectivity index (χ2n) is 5.06. The van der Waals surface area contributed by atoms with Gasteiger partial charge in [-0.2, -0.15) is 0 Å². The zero-order valence-corrected chi connectivity index (χ0v) is 11.5. The summed E-state index contributed by atoms with van der Waals surface area (Å²) in [5.74, 6) is -0.151. The number of nitrogens with one attached hydrogen (secondary N) is 1. The highest BCUT2D eigenvalue weighted by Gasteiger charge is 2.24. The van der Waals surface area contributed by atoms with Crippen LogP contribution >= 0.6 is 0 Å². The van der Waals surface area contributed by atoms with Crippen molar-refractivity contribution in [3.8, 4) is 0 Å². The average Bonchev–Trinajstić information content (AvgIpc) is 2.24. The van der Waals surface area contributed by atoms with Gasteiger partial charge in [-0.1, -0.05) is 20.8 Å². The van der Waals surface area contributed by atoms with E-state index in [0.717, 1.165) is 0 Å². The molecule has 0 rings (SSSR count). The first-order valence-corrected chi connectivity index (χ1v) is 6.01. The van der Waals surface area contributed by atoms with Gasteiger partial charge in [0.15, 0.2) is 0 Å². The summed E-state index contributed by atoms with van der Waals surface area (Å²) in [6.07, 6.45) is 0.639. The normalized spacial score (nSPS) is 14.3. The zero-order chi connectivity index (χ0) is 13.6. The van der Waals surface area contributed by atoms with Gasteiger partial charge in [-0.25, -0.2) is 0 Å². The van der Waals surface area contributed by atoms with Crippen LogP contribution in [0.1, 0.15) is 27.2 Å². The maximum Gasteiger partial charge on any atom is 0.244 e. The summed E-state index contributed by atoms with van der Waals surface area (Å²) in [7, 11) is 3.38. The Morgan fingerprint density at radius 2 is 1.76 bits per heavy atom. The molecule has 2 unspecified atom stereocenters. The van der Waals surface area contributed by atoms with Gasteiger partial charge in [0, 0.05) is 26.6 Å². The van der Waals surface area contributed by atoms with Crippen LogP contribution in [0.15, 0.2) is 0 Å². The molecule has 5 heteroatoms. The fourth-order valence-electron chi connectivity index (χ4n) is 1.43. The summed E-state index contributed by atoms with van der Waals surface area (Å²) in [6.45, 7) is 6.08. The number of carbonyl (C=O) groups excluding carboxylic acids is 2. The van der Waals surface area contributed by atoms with Crippen molar-refractivity contribution in [2.24, 2.45) is 17.6 Å². The molecular weight excluding hydrogens is 218 g/mol. The monoisotopic (exact) mass is 243 g/mol. The number of nitrogens with two attached hydrogens (primary N) is 1. The molecule has 0 bridgehead atoms. The van der Waals surface area contributed by atoms with Crippen molar-refractivity contribution < 1.29 is 9.59 Å². The molecule has 0 heterocycles. The maximum absolute atomic E-state index is 11.9. The van der Waals surface area contributed by atoms with Crippen molar-refractivity contribution in [1.29, 1.82) is 0 Å². The molecule has 3 N–H and O–H groups in total. The molecule has 0 aliphatic carbocycles. The van der Waals surface area contributed by atoms with E-state index >= 15 is 0 Å². The minimum Gasteiger partial charge on any atom is -0.347 e. The summed E-state index contributed by atoms with van der Waals surface area (Å²) in [4.78, 5) is 25.1. The molecule has 5 nitrogen and oxygen atoms in total. The van der Waals surface area contributed by atoms with Gasteiger partial charge in [-0.05, 0) is 12.3 Å². The van der Waals surface area contributed by atoms with Crippen molar-refractivity contribution in [3.63, 3.8) is 0 Å². The number of amides is 2. The van der Waals surface area contributed by atoms with Gasteiger partial charge in [0.25, 0.3) is 0 Å². The van der Waals surface area contributed by atoms with E-state index in [-0.39, 0.29) is 24.3 Å². The maximum atomic E-state index is 11.9. The van der Waals surface area contributed by atoms with Gasteiger partial charge in [0.2, 0.25) is 11.8 Å². The molecule has 2 amide bonds. The Hall–Kier alpha value is -1.10. The van der Waals surface area contributed by atoms with Gasteiger partial charge in [-0.3, -0.25) is 9.59 Å². The fourth-order valence-corrected chi connectivity index (χ4v) is 1.43. The Balaban J connectivity index is 4.59. The Bertz CT molecular complexity index is 264. The summed E-state index contributed by atoms with van der Waals surface area (Å²) >= 11 is 0. The molecule has 0 aromatic heterocycles. The topological polar surface area (TPSA) is 75.4 Å². The highest BCUT2D eigenvalue weighted by molar-refractivity contribution is 5.88. The van der Waals surface area contributed by atoms with Gasteiger partial charge in [0.1, 0.15) is 6.04 Å². The van der Waals surface area contributed by atoms with E-state index in [4.69, 9.17) is 5.73 Å². The zero-order valence-electron chi connectivity index (χ0n) is 11.5. The van der Waals surface area contributed by atoms with Crippen LogP contribution in [0.3, 0.4) is 0 Å². The third kappa shape index (κ3) is 5.68. The summed E-state index contributed by atoms with van der Waals surface area (Å²) in [5, 5.41) is 2.77. The van der Waals surface area contributed by atoms with Crippen LogP contribution in [-0.4, -0.2) is 43.4 Å². The van der Waals surface area contributed by atoms with Crippen molar-refractivity contribution in [2.75, 3.05) is 20.6 Å². The van der Waals surface area contributed by atoms with Gasteiger partial charge in [0.05, 0.1) is 0 Å². The molecule has 100 valence electrons. The molecule has 0 radical (unpaired) electrons. The number of hydrogen-bond acceptors (Lipinski definition) is 3. The molecule has 0 saturated carbocycles. The van der Waals surface area contributed by atoms with Gasteiger partial charge >= 0.3 is 0 Å². The number of likely N-dealkylation sites (N-methyl/N-ethyl adjacent to an activating group) is 1. The third-order valence-electron chi connectivity index (χ3n) is 2.56. The molecule has 0 spiro atoms. The minimum absolute atomic E-state index is 0.0729. The SMILES string of the molecule is CC(C)CC(NC(=O)C(C)CN)C(=O)N(C)C. The van der Waals surface area contributed by atoms with Crippen LogP contribution in [0, 0.1) is 11.8 Å². The first kappa shape index (κ1) is 15.9. The summed E-state index contributed by atoms with van der Waals surface area (Å²) < 4.78 is 0. The number of carbonyl (C=O) groups is 2. The predicted molar refractivity (Wildman–Crippen MR) is 68.3 cm³/mol. The highest BCUT2D eigenvalue weighted by Crippen LogP contribution is 2.07. The Morgan fingerprint density at radius 3 is 2.12 bits per heavy atom. The lowest BCUT2D eigenvalue weighted by Crippen LogP contribution is -2.49. The standard InChI is InChI=1S/C12H25N3O2/c1-8(2)6-10(12(17)15(4)5)14-11(16)9(3)7-13/h8-10H,6-7,13H2,1-5H3,(H,14,16). The molecule has 0 aromatic carbocycles. The molecule has 17 heavy (non-hydrogen) atoms. The first-order valence-electron chi connectivity index (χ1n) is 6.01. The van der Waals surface area contributed by atoms with Crippen LogP contribution in [0.4, 0.5) is 0 Å². The quantitative estimate of drug-likeness (QED) is 0.700. The van der Waals surface area contributed by atoms with Crippen LogP contribution in [0.2, 0.25) is 0 Å². The van der Waals surface area contributed by atoms with E-state index in [1.165, 1.54) is 4.90 Å². The van der Waals surface area contributed by atoms with E-state index in [1.807, 2.05) is 13.8 Å². The molecule has 0 aromatic rings. The second kappa shape index (κ2) is 7.27. The van der Waals surface area contributed by atoms with Crippen molar-refractivity contribution in [3.05, 3.63) is 0 Å². The number of nitrogens with zero attached hydrogens (tertiary/aromatic N) is 1. The third-order valence-corrected chi connectivity index (χ3v) is 2.56.